The summed E-state index contributed by atoms with van der Waals surface area (Å²) >= 11 is 9.28. The minimum atomic E-state index is -0.252. The lowest BCUT2D eigenvalue weighted by molar-refractivity contribution is 0.0698. The van der Waals surface area contributed by atoms with Crippen molar-refractivity contribution in [3.8, 4) is 0 Å². The maximum Gasteiger partial charge on any atom is 0.254 e. The van der Waals surface area contributed by atoms with Crippen LogP contribution >= 0.6 is 27.5 Å². The third-order valence-electron chi connectivity index (χ3n) is 4.09. The van der Waals surface area contributed by atoms with Crippen molar-refractivity contribution in [2.75, 3.05) is 13.1 Å². The third-order valence-corrected chi connectivity index (χ3v) is 4.83. The summed E-state index contributed by atoms with van der Waals surface area (Å²) in [6.45, 7) is 1.19. The number of likely N-dealkylation sites (tertiary alicyclic amines) is 1. The maximum absolute atomic E-state index is 12.4. The summed E-state index contributed by atoms with van der Waals surface area (Å²) in [4.78, 5) is 34.5. The van der Waals surface area contributed by atoms with Crippen LogP contribution in [0.5, 0.6) is 0 Å². The normalized spacial score (nSPS) is 15.0. The Morgan fingerprint density at radius 2 is 1.92 bits per heavy atom. The number of rotatable bonds is 3. The van der Waals surface area contributed by atoms with Crippen molar-refractivity contribution in [1.82, 2.24) is 20.2 Å². The van der Waals surface area contributed by atoms with Crippen LogP contribution in [0.1, 0.15) is 33.6 Å². The number of piperidine rings is 1. The van der Waals surface area contributed by atoms with Crippen LogP contribution in [0.4, 0.5) is 0 Å². The molecule has 0 atom stereocenters. The Bertz CT molecular complexity index is 779. The van der Waals surface area contributed by atoms with Crippen molar-refractivity contribution in [3.63, 3.8) is 0 Å². The number of carbonyl (C=O) groups excluding carboxylic acids is 2. The number of amides is 2. The van der Waals surface area contributed by atoms with E-state index in [1.165, 1.54) is 0 Å². The van der Waals surface area contributed by atoms with Crippen molar-refractivity contribution in [3.05, 3.63) is 57.5 Å². The Morgan fingerprint density at radius 3 is 2.60 bits per heavy atom. The van der Waals surface area contributed by atoms with Gasteiger partial charge in [-0.25, -0.2) is 4.98 Å². The summed E-state index contributed by atoms with van der Waals surface area (Å²) < 4.78 is 0.694. The number of hydrogen-bond donors (Lipinski definition) is 1. The van der Waals surface area contributed by atoms with E-state index in [2.05, 4.69) is 31.2 Å². The number of hydrogen-bond acceptors (Lipinski definition) is 4. The minimum Gasteiger partial charge on any atom is -0.349 e. The zero-order valence-corrected chi connectivity index (χ0v) is 15.6. The molecule has 3 rings (SSSR count). The van der Waals surface area contributed by atoms with Crippen molar-refractivity contribution < 1.29 is 9.59 Å². The molecule has 2 aromatic rings. The van der Waals surface area contributed by atoms with Crippen LogP contribution in [-0.4, -0.2) is 45.8 Å². The molecule has 6 nitrogen and oxygen atoms in total. The molecule has 130 valence electrons. The van der Waals surface area contributed by atoms with E-state index < -0.39 is 0 Å². The maximum atomic E-state index is 12.4. The van der Waals surface area contributed by atoms with E-state index in [1.807, 2.05) is 0 Å². The van der Waals surface area contributed by atoms with E-state index in [9.17, 15) is 9.59 Å². The molecule has 0 aromatic carbocycles. The average Bonchev–Trinajstić information content (AvgIpc) is 2.64. The highest BCUT2D eigenvalue weighted by Gasteiger charge is 2.25. The molecule has 0 radical (unpaired) electrons. The molecule has 2 amide bonds. The largest absolute Gasteiger partial charge is 0.349 e. The van der Waals surface area contributed by atoms with Gasteiger partial charge in [-0.3, -0.25) is 14.6 Å². The Hall–Kier alpha value is -1.99. The van der Waals surface area contributed by atoms with Gasteiger partial charge in [0.1, 0.15) is 5.15 Å². The Labute approximate surface area is 158 Å². The Balaban J connectivity index is 1.57. The van der Waals surface area contributed by atoms with E-state index in [-0.39, 0.29) is 23.0 Å². The first-order chi connectivity index (χ1) is 12.0. The number of aromatic nitrogens is 2. The number of carbonyl (C=O) groups is 2. The first-order valence-corrected chi connectivity index (χ1v) is 9.03. The van der Waals surface area contributed by atoms with Gasteiger partial charge < -0.3 is 10.2 Å². The predicted octanol–water partition coefficient (Wildman–Crippen LogP) is 2.93. The van der Waals surface area contributed by atoms with Crippen molar-refractivity contribution >= 4 is 39.3 Å². The lowest BCUT2D eigenvalue weighted by Gasteiger charge is -2.32. The van der Waals surface area contributed by atoms with E-state index in [0.29, 0.717) is 41.5 Å². The van der Waals surface area contributed by atoms with Crippen LogP contribution in [0, 0.1) is 0 Å². The Kier molecular flexibility index (Phi) is 5.65. The van der Waals surface area contributed by atoms with Gasteiger partial charge in [0, 0.05) is 47.8 Å². The highest BCUT2D eigenvalue weighted by Crippen LogP contribution is 2.19. The molecule has 0 bridgehead atoms. The lowest BCUT2D eigenvalue weighted by Crippen LogP contribution is -2.46. The molecular formula is C17H16BrClN4O2. The predicted molar refractivity (Wildman–Crippen MR) is 97.6 cm³/mol. The van der Waals surface area contributed by atoms with Gasteiger partial charge in [-0.1, -0.05) is 11.6 Å². The van der Waals surface area contributed by atoms with Gasteiger partial charge in [-0.15, -0.1) is 0 Å². The highest BCUT2D eigenvalue weighted by atomic mass is 79.9. The number of pyridine rings is 2. The molecule has 1 aliphatic heterocycles. The summed E-state index contributed by atoms with van der Waals surface area (Å²) in [6.07, 6.45) is 6.15. The zero-order valence-electron chi connectivity index (χ0n) is 13.3. The van der Waals surface area contributed by atoms with Gasteiger partial charge in [-0.05, 0) is 47.0 Å². The van der Waals surface area contributed by atoms with Crippen LogP contribution in [0.3, 0.4) is 0 Å². The second-order valence-electron chi connectivity index (χ2n) is 5.77. The molecule has 1 aliphatic rings. The van der Waals surface area contributed by atoms with Crippen LogP contribution < -0.4 is 5.32 Å². The first kappa shape index (κ1) is 17.8. The number of halogens is 2. The molecule has 1 N–H and O–H groups in total. The first-order valence-electron chi connectivity index (χ1n) is 7.86. The zero-order chi connectivity index (χ0) is 17.8. The summed E-state index contributed by atoms with van der Waals surface area (Å²) in [5.41, 5.74) is 0.968. The highest BCUT2D eigenvalue weighted by molar-refractivity contribution is 9.10. The van der Waals surface area contributed by atoms with Gasteiger partial charge in [0.25, 0.3) is 11.8 Å². The van der Waals surface area contributed by atoms with Crippen molar-refractivity contribution in [2.24, 2.45) is 0 Å². The summed E-state index contributed by atoms with van der Waals surface area (Å²) in [7, 11) is 0. The van der Waals surface area contributed by atoms with Crippen LogP contribution in [0.15, 0.2) is 41.3 Å². The number of nitrogens with zero attached hydrogens (tertiary/aromatic N) is 3. The quantitative estimate of drug-likeness (QED) is 0.770. The van der Waals surface area contributed by atoms with Gasteiger partial charge in [-0.2, -0.15) is 0 Å². The minimum absolute atomic E-state index is 0.00374. The van der Waals surface area contributed by atoms with Crippen LogP contribution in [-0.2, 0) is 0 Å². The van der Waals surface area contributed by atoms with E-state index >= 15 is 0 Å². The molecular weight excluding hydrogens is 408 g/mol. The summed E-state index contributed by atoms with van der Waals surface area (Å²) in [6, 6.07) is 5.06. The second-order valence-corrected chi connectivity index (χ2v) is 7.04. The fourth-order valence-electron chi connectivity index (χ4n) is 2.75. The molecule has 1 saturated heterocycles. The smallest absolute Gasteiger partial charge is 0.254 e. The molecule has 1 fully saturated rings. The monoisotopic (exact) mass is 422 g/mol. The molecule has 0 aliphatic carbocycles. The van der Waals surface area contributed by atoms with Gasteiger partial charge in [0.05, 0.1) is 5.56 Å². The standard InChI is InChI=1S/C17H16BrClN4O2/c18-12-9-14(15(19)21-10-12)16(24)22-13-3-7-23(8-4-13)17(25)11-1-5-20-6-2-11/h1-2,5-6,9-10,13H,3-4,7-8H2,(H,22,24). The van der Waals surface area contributed by atoms with E-state index in [0.717, 1.165) is 0 Å². The molecule has 8 heteroatoms. The average molecular weight is 424 g/mol. The Morgan fingerprint density at radius 1 is 1.24 bits per heavy atom. The second kappa shape index (κ2) is 7.93. The molecule has 0 saturated carbocycles. The van der Waals surface area contributed by atoms with Gasteiger partial charge >= 0.3 is 0 Å². The van der Waals surface area contributed by atoms with Crippen molar-refractivity contribution in [2.45, 2.75) is 18.9 Å². The molecule has 25 heavy (non-hydrogen) atoms. The molecule has 3 heterocycles. The molecule has 0 unspecified atom stereocenters. The third kappa shape index (κ3) is 4.35. The number of nitrogens with one attached hydrogen (secondary N) is 1. The lowest BCUT2D eigenvalue weighted by atomic mass is 10.0. The van der Waals surface area contributed by atoms with Crippen LogP contribution in [0.2, 0.25) is 5.15 Å². The SMILES string of the molecule is O=C(NC1CCN(C(=O)c2ccncc2)CC1)c1cc(Br)cnc1Cl. The van der Waals surface area contributed by atoms with Gasteiger partial charge in [0.2, 0.25) is 0 Å². The van der Waals surface area contributed by atoms with E-state index in [1.54, 1.807) is 41.7 Å². The van der Waals surface area contributed by atoms with Gasteiger partial charge in [0.15, 0.2) is 0 Å². The topological polar surface area (TPSA) is 75.2 Å². The van der Waals surface area contributed by atoms with Crippen molar-refractivity contribution in [1.29, 1.82) is 0 Å². The molecule has 0 spiro atoms. The fourth-order valence-corrected chi connectivity index (χ4v) is 3.27. The summed E-state index contributed by atoms with van der Waals surface area (Å²) in [5, 5.41) is 3.14. The summed E-state index contributed by atoms with van der Waals surface area (Å²) in [5.74, 6) is -0.260. The van der Waals surface area contributed by atoms with E-state index in [4.69, 9.17) is 11.6 Å². The molecule has 2 aromatic heterocycles. The van der Waals surface area contributed by atoms with Crippen LogP contribution in [0.25, 0.3) is 0 Å². The fraction of sp³-hybridized carbons (Fsp3) is 0.294.